The van der Waals surface area contributed by atoms with E-state index in [1.165, 1.54) is 33.4 Å². The summed E-state index contributed by atoms with van der Waals surface area (Å²) in [6.45, 7) is 13.1. The van der Waals surface area contributed by atoms with Gasteiger partial charge in [0.2, 0.25) is 0 Å². The van der Waals surface area contributed by atoms with Crippen molar-refractivity contribution in [2.45, 2.75) is 119 Å². The summed E-state index contributed by atoms with van der Waals surface area (Å²) in [5.74, 6) is 0.449. The van der Waals surface area contributed by atoms with E-state index in [1.807, 2.05) is 0 Å². The minimum absolute atomic E-state index is 0.0761. The Hall–Kier alpha value is -2.22. The van der Waals surface area contributed by atoms with Crippen LogP contribution in [-0.2, 0) is 9.59 Å². The normalized spacial score (nSPS) is 25.7. The Bertz CT molecular complexity index is 949. The number of carbonyl (C=O) groups excluding carboxylic acids is 2. The number of hydrogen-bond donors (Lipinski definition) is 0. The van der Waals surface area contributed by atoms with Gasteiger partial charge in [-0.2, -0.15) is 0 Å². The lowest BCUT2D eigenvalue weighted by Crippen LogP contribution is -2.49. The highest BCUT2D eigenvalue weighted by molar-refractivity contribution is 6.00. The maximum Gasteiger partial charge on any atom is 0.141 e. The van der Waals surface area contributed by atoms with Crippen molar-refractivity contribution in [3.05, 3.63) is 69.9 Å². The SMILES string of the molecule is CC(C)=CCC/C(C)=C/CCC1=CCC2C(=O)C3CC(CC/C=C(\C)CCC=C(C)C)=CCC3C(=O)C2C1. The quantitative estimate of drug-likeness (QED) is 0.242. The van der Waals surface area contributed by atoms with Gasteiger partial charge < -0.3 is 0 Å². The highest BCUT2D eigenvalue weighted by Crippen LogP contribution is 2.46. The first-order chi connectivity index (χ1) is 18.2. The molecule has 0 saturated heterocycles. The first-order valence-electron chi connectivity index (χ1n) is 15.2. The van der Waals surface area contributed by atoms with Crippen molar-refractivity contribution in [1.29, 1.82) is 0 Å². The van der Waals surface area contributed by atoms with Gasteiger partial charge in [0.15, 0.2) is 0 Å². The molecule has 3 rings (SSSR count). The number of rotatable bonds is 12. The van der Waals surface area contributed by atoms with E-state index in [0.29, 0.717) is 11.6 Å². The summed E-state index contributed by atoms with van der Waals surface area (Å²) in [4.78, 5) is 27.1. The van der Waals surface area contributed by atoms with E-state index in [2.05, 4.69) is 78.0 Å². The molecular weight excluding hydrogens is 464 g/mol. The monoisotopic (exact) mass is 516 g/mol. The largest absolute Gasteiger partial charge is 0.299 e. The zero-order valence-electron chi connectivity index (χ0n) is 25.1. The summed E-state index contributed by atoms with van der Waals surface area (Å²) < 4.78 is 0. The first kappa shape index (κ1) is 30.3. The van der Waals surface area contributed by atoms with Gasteiger partial charge in [-0.3, -0.25) is 9.59 Å². The van der Waals surface area contributed by atoms with Crippen LogP contribution in [-0.4, -0.2) is 11.6 Å². The molecule has 0 aromatic carbocycles. The molecule has 2 heteroatoms. The van der Waals surface area contributed by atoms with E-state index in [0.717, 1.165) is 77.0 Å². The molecule has 0 aromatic heterocycles. The molecule has 0 aromatic rings. The fourth-order valence-electron chi connectivity index (χ4n) is 6.51. The zero-order valence-corrected chi connectivity index (χ0v) is 25.1. The molecule has 1 fully saturated rings. The van der Waals surface area contributed by atoms with Crippen molar-refractivity contribution in [2.75, 3.05) is 0 Å². The molecule has 3 aliphatic carbocycles. The van der Waals surface area contributed by atoms with Crippen molar-refractivity contribution in [3.8, 4) is 0 Å². The Kier molecular flexibility index (Phi) is 11.8. The van der Waals surface area contributed by atoms with E-state index < -0.39 is 0 Å². The molecule has 4 atom stereocenters. The summed E-state index contributed by atoms with van der Waals surface area (Å²) in [5.41, 5.74) is 8.43. The van der Waals surface area contributed by atoms with Gasteiger partial charge in [-0.1, -0.05) is 69.9 Å². The second-order valence-corrected chi connectivity index (χ2v) is 12.7. The lowest BCUT2D eigenvalue weighted by molar-refractivity contribution is -0.147. The molecule has 0 radical (unpaired) electrons. The Morgan fingerprint density at radius 2 is 1.00 bits per heavy atom. The lowest BCUT2D eigenvalue weighted by Gasteiger charge is -2.43. The van der Waals surface area contributed by atoms with Crippen LogP contribution >= 0.6 is 0 Å². The van der Waals surface area contributed by atoms with Crippen molar-refractivity contribution >= 4 is 11.6 Å². The number of ketones is 2. The van der Waals surface area contributed by atoms with Crippen LogP contribution in [0.25, 0.3) is 0 Å². The number of hydrogen-bond acceptors (Lipinski definition) is 2. The van der Waals surface area contributed by atoms with E-state index >= 15 is 0 Å². The summed E-state index contributed by atoms with van der Waals surface area (Å²) in [6, 6.07) is 0. The molecule has 2 nitrogen and oxygen atoms in total. The molecule has 4 unspecified atom stereocenters. The molecule has 0 N–H and O–H groups in total. The van der Waals surface area contributed by atoms with Gasteiger partial charge >= 0.3 is 0 Å². The van der Waals surface area contributed by atoms with Crippen LogP contribution in [0.2, 0.25) is 0 Å². The third kappa shape index (κ3) is 8.92. The predicted octanol–water partition coefficient (Wildman–Crippen LogP) is 9.99. The summed E-state index contributed by atoms with van der Waals surface area (Å²) in [5, 5.41) is 0. The first-order valence-corrected chi connectivity index (χ1v) is 15.2. The van der Waals surface area contributed by atoms with Crippen molar-refractivity contribution < 1.29 is 9.59 Å². The molecule has 1 saturated carbocycles. The van der Waals surface area contributed by atoms with Crippen LogP contribution in [0.4, 0.5) is 0 Å². The van der Waals surface area contributed by atoms with Gasteiger partial charge in [0, 0.05) is 23.7 Å². The molecular formula is C36H52O2. The molecule has 0 aliphatic heterocycles. The van der Waals surface area contributed by atoms with Crippen LogP contribution in [0.3, 0.4) is 0 Å². The molecule has 3 aliphatic rings. The maximum atomic E-state index is 13.6. The Labute approximate surface area is 233 Å². The van der Waals surface area contributed by atoms with Crippen molar-refractivity contribution in [2.24, 2.45) is 23.7 Å². The zero-order chi connectivity index (χ0) is 27.7. The third-order valence-electron chi connectivity index (χ3n) is 8.82. The van der Waals surface area contributed by atoms with Gasteiger partial charge in [0.05, 0.1) is 0 Å². The number of fused-ring (bicyclic) bond motifs is 2. The van der Waals surface area contributed by atoms with Crippen molar-refractivity contribution in [3.63, 3.8) is 0 Å². The highest BCUT2D eigenvalue weighted by Gasteiger charge is 2.50. The van der Waals surface area contributed by atoms with Gasteiger partial charge in [-0.05, 0) is 119 Å². The molecule has 0 amide bonds. The Morgan fingerprint density at radius 1 is 0.605 bits per heavy atom. The summed E-state index contributed by atoms with van der Waals surface area (Å²) in [7, 11) is 0. The smallest absolute Gasteiger partial charge is 0.141 e. The van der Waals surface area contributed by atoms with Gasteiger partial charge in [0.25, 0.3) is 0 Å². The van der Waals surface area contributed by atoms with Crippen LogP contribution < -0.4 is 0 Å². The minimum atomic E-state index is -0.0783. The van der Waals surface area contributed by atoms with Gasteiger partial charge in [0.1, 0.15) is 11.6 Å². The fraction of sp³-hybridized carbons (Fsp3) is 0.611. The van der Waals surface area contributed by atoms with E-state index in [9.17, 15) is 9.59 Å². The molecule has 0 heterocycles. The molecule has 0 spiro atoms. The molecule has 0 bridgehead atoms. The summed E-state index contributed by atoms with van der Waals surface area (Å²) in [6.07, 6.45) is 25.6. The topological polar surface area (TPSA) is 34.1 Å². The number of allylic oxidation sites excluding steroid dienone is 12. The van der Waals surface area contributed by atoms with Crippen LogP contribution in [0, 0.1) is 23.7 Å². The fourth-order valence-corrected chi connectivity index (χ4v) is 6.51. The Balaban J connectivity index is 1.51. The van der Waals surface area contributed by atoms with E-state index in [4.69, 9.17) is 0 Å². The maximum absolute atomic E-state index is 13.6. The minimum Gasteiger partial charge on any atom is -0.299 e. The van der Waals surface area contributed by atoms with Crippen LogP contribution in [0.15, 0.2) is 69.9 Å². The predicted molar refractivity (Wildman–Crippen MR) is 162 cm³/mol. The van der Waals surface area contributed by atoms with Crippen LogP contribution in [0.1, 0.15) is 119 Å². The standard InChI is InChI=1S/C36H52O2/c1-25(2)11-7-13-27(5)15-9-17-29-19-21-31-33(23-29)35(37)32-22-20-30(24-34(32)36(31)38)18-10-16-28(6)14-8-12-26(3)4/h11-12,15-16,19-20,31-34H,7-10,13-14,17-18,21-24H2,1-6H3/b27-15+,28-16+. The van der Waals surface area contributed by atoms with E-state index in [-0.39, 0.29) is 23.7 Å². The second kappa shape index (κ2) is 14.8. The average Bonchev–Trinajstić information content (AvgIpc) is 2.86. The van der Waals surface area contributed by atoms with Gasteiger partial charge in [-0.15, -0.1) is 0 Å². The third-order valence-corrected chi connectivity index (χ3v) is 8.82. The number of carbonyl (C=O) groups is 2. The second-order valence-electron chi connectivity index (χ2n) is 12.7. The summed E-state index contributed by atoms with van der Waals surface area (Å²) >= 11 is 0. The van der Waals surface area contributed by atoms with Gasteiger partial charge in [-0.25, -0.2) is 0 Å². The lowest BCUT2D eigenvalue weighted by atomic mass is 9.58. The van der Waals surface area contributed by atoms with Crippen molar-refractivity contribution in [1.82, 2.24) is 0 Å². The van der Waals surface area contributed by atoms with Crippen LogP contribution in [0.5, 0.6) is 0 Å². The highest BCUT2D eigenvalue weighted by atomic mass is 16.1. The average molecular weight is 517 g/mol. The molecule has 38 heavy (non-hydrogen) atoms. The number of Topliss-reactive ketones (excluding diaryl/α,β-unsaturated/α-hetero) is 2. The Morgan fingerprint density at radius 3 is 1.37 bits per heavy atom. The molecule has 208 valence electrons. The van der Waals surface area contributed by atoms with E-state index in [1.54, 1.807) is 0 Å².